The van der Waals surface area contributed by atoms with E-state index in [2.05, 4.69) is 6.92 Å². The number of rotatable bonds is 6. The maximum Gasteiger partial charge on any atom is 0.161 e. The van der Waals surface area contributed by atoms with E-state index in [4.69, 9.17) is 0 Å². The van der Waals surface area contributed by atoms with Crippen molar-refractivity contribution in [3.05, 3.63) is 11.6 Å². The number of ketones is 1. The van der Waals surface area contributed by atoms with Crippen LogP contribution in [0.1, 0.15) is 51.9 Å². The number of hydrogen-bond acceptors (Lipinski definition) is 2. The summed E-state index contributed by atoms with van der Waals surface area (Å²) < 4.78 is 0. The van der Waals surface area contributed by atoms with Gasteiger partial charge in [0.1, 0.15) is 0 Å². The van der Waals surface area contributed by atoms with Gasteiger partial charge >= 0.3 is 0 Å². The Kier molecular flexibility index (Phi) is 4.88. The molecule has 0 aromatic rings. The summed E-state index contributed by atoms with van der Waals surface area (Å²) in [5, 5.41) is 9.73. The van der Waals surface area contributed by atoms with Gasteiger partial charge in [-0.15, -0.1) is 0 Å². The Morgan fingerprint density at radius 2 is 2.21 bits per heavy atom. The van der Waals surface area contributed by atoms with Crippen LogP contribution in [0.4, 0.5) is 0 Å². The van der Waals surface area contributed by atoms with E-state index in [0.717, 1.165) is 25.7 Å². The van der Waals surface area contributed by atoms with E-state index in [1.807, 2.05) is 6.08 Å². The Morgan fingerprint density at radius 1 is 1.43 bits per heavy atom. The van der Waals surface area contributed by atoms with Gasteiger partial charge in [-0.05, 0) is 12.8 Å². The number of aliphatic hydroxyl groups is 1. The summed E-state index contributed by atoms with van der Waals surface area (Å²) in [5.41, 5.74) is 0.668. The van der Waals surface area contributed by atoms with Crippen molar-refractivity contribution in [3.8, 4) is 0 Å². The molecule has 2 heteroatoms. The third kappa shape index (κ3) is 3.26. The first kappa shape index (κ1) is 11.4. The van der Waals surface area contributed by atoms with Gasteiger partial charge in [0.15, 0.2) is 5.78 Å². The van der Waals surface area contributed by atoms with Crippen molar-refractivity contribution in [2.24, 2.45) is 0 Å². The second-order valence-electron chi connectivity index (χ2n) is 3.99. The highest BCUT2D eigenvalue weighted by atomic mass is 16.3. The first-order valence-corrected chi connectivity index (χ1v) is 5.67. The van der Waals surface area contributed by atoms with Gasteiger partial charge in [-0.2, -0.15) is 0 Å². The molecule has 0 heterocycles. The van der Waals surface area contributed by atoms with Crippen LogP contribution >= 0.6 is 0 Å². The van der Waals surface area contributed by atoms with E-state index in [9.17, 15) is 9.90 Å². The summed E-state index contributed by atoms with van der Waals surface area (Å²) in [5.74, 6) is 0.146. The molecule has 14 heavy (non-hydrogen) atoms. The number of carbonyl (C=O) groups excluding carboxylic acids is 1. The highest BCUT2D eigenvalue weighted by Crippen LogP contribution is 2.20. The number of Topliss-reactive ketones (excluding diaryl/α,β-unsaturated/α-hetero) is 1. The third-order valence-electron chi connectivity index (χ3n) is 2.75. The average molecular weight is 196 g/mol. The maximum atomic E-state index is 11.3. The van der Waals surface area contributed by atoms with E-state index in [1.165, 1.54) is 12.8 Å². The SMILES string of the molecule is CCCCCCC(O)C1=CCCC1=O. The zero-order valence-electron chi connectivity index (χ0n) is 8.96. The summed E-state index contributed by atoms with van der Waals surface area (Å²) in [7, 11) is 0. The van der Waals surface area contributed by atoms with Crippen molar-refractivity contribution in [1.29, 1.82) is 0 Å². The molecule has 0 spiro atoms. The molecular weight excluding hydrogens is 176 g/mol. The average Bonchev–Trinajstić information content (AvgIpc) is 2.59. The van der Waals surface area contributed by atoms with Crippen LogP contribution in [0.3, 0.4) is 0 Å². The summed E-state index contributed by atoms with van der Waals surface area (Å²) >= 11 is 0. The number of carbonyl (C=O) groups is 1. The first-order chi connectivity index (χ1) is 6.75. The van der Waals surface area contributed by atoms with Gasteiger partial charge in [0, 0.05) is 12.0 Å². The molecule has 1 aliphatic carbocycles. The second kappa shape index (κ2) is 5.97. The van der Waals surface area contributed by atoms with Crippen LogP contribution < -0.4 is 0 Å². The zero-order valence-corrected chi connectivity index (χ0v) is 8.96. The fourth-order valence-electron chi connectivity index (χ4n) is 1.86. The van der Waals surface area contributed by atoms with Crippen LogP contribution in [0.15, 0.2) is 11.6 Å². The quantitative estimate of drug-likeness (QED) is 0.663. The summed E-state index contributed by atoms with van der Waals surface area (Å²) in [6.45, 7) is 2.17. The van der Waals surface area contributed by atoms with Gasteiger partial charge in [0.05, 0.1) is 6.10 Å². The van der Waals surface area contributed by atoms with E-state index in [0.29, 0.717) is 12.0 Å². The molecule has 0 amide bonds. The molecule has 1 unspecified atom stereocenters. The lowest BCUT2D eigenvalue weighted by molar-refractivity contribution is -0.115. The largest absolute Gasteiger partial charge is 0.388 e. The molecule has 80 valence electrons. The highest BCUT2D eigenvalue weighted by molar-refractivity contribution is 5.98. The van der Waals surface area contributed by atoms with Gasteiger partial charge in [-0.25, -0.2) is 0 Å². The van der Waals surface area contributed by atoms with Crippen LogP contribution in [-0.4, -0.2) is 17.0 Å². The molecule has 1 rings (SSSR count). The Balaban J connectivity index is 2.21. The van der Waals surface area contributed by atoms with Gasteiger partial charge in [0.2, 0.25) is 0 Å². The van der Waals surface area contributed by atoms with Gasteiger partial charge in [-0.3, -0.25) is 4.79 Å². The Hall–Kier alpha value is -0.630. The number of allylic oxidation sites excluding steroid dienone is 1. The van der Waals surface area contributed by atoms with E-state index in [-0.39, 0.29) is 5.78 Å². The van der Waals surface area contributed by atoms with Crippen LogP contribution in [-0.2, 0) is 4.79 Å². The van der Waals surface area contributed by atoms with Crippen molar-refractivity contribution < 1.29 is 9.90 Å². The monoisotopic (exact) mass is 196 g/mol. The minimum absolute atomic E-state index is 0.146. The van der Waals surface area contributed by atoms with Crippen LogP contribution in [0.2, 0.25) is 0 Å². The summed E-state index contributed by atoms with van der Waals surface area (Å²) in [6.07, 6.45) is 8.18. The fourth-order valence-corrected chi connectivity index (χ4v) is 1.86. The molecular formula is C12H20O2. The van der Waals surface area contributed by atoms with Crippen molar-refractivity contribution in [1.82, 2.24) is 0 Å². The second-order valence-corrected chi connectivity index (χ2v) is 3.99. The highest BCUT2D eigenvalue weighted by Gasteiger charge is 2.21. The molecule has 0 aromatic heterocycles. The van der Waals surface area contributed by atoms with E-state index in [1.54, 1.807) is 0 Å². The number of hydrogen-bond donors (Lipinski definition) is 1. The molecule has 0 saturated carbocycles. The lowest BCUT2D eigenvalue weighted by atomic mass is 10.0. The molecule has 1 aliphatic rings. The lowest BCUT2D eigenvalue weighted by Crippen LogP contribution is -2.14. The van der Waals surface area contributed by atoms with Crippen molar-refractivity contribution in [2.75, 3.05) is 0 Å². The zero-order chi connectivity index (χ0) is 10.4. The molecule has 0 bridgehead atoms. The van der Waals surface area contributed by atoms with Crippen molar-refractivity contribution >= 4 is 5.78 Å². The molecule has 1 atom stereocenters. The molecule has 0 fully saturated rings. The fraction of sp³-hybridized carbons (Fsp3) is 0.750. The normalized spacial score (nSPS) is 18.4. The van der Waals surface area contributed by atoms with Crippen LogP contribution in [0.25, 0.3) is 0 Å². The Bertz CT molecular complexity index is 218. The van der Waals surface area contributed by atoms with Gasteiger partial charge < -0.3 is 5.11 Å². The topological polar surface area (TPSA) is 37.3 Å². The van der Waals surface area contributed by atoms with Crippen LogP contribution in [0.5, 0.6) is 0 Å². The lowest BCUT2D eigenvalue weighted by Gasteiger charge is -2.10. The minimum Gasteiger partial charge on any atom is -0.388 e. The molecule has 1 N–H and O–H groups in total. The van der Waals surface area contributed by atoms with Crippen molar-refractivity contribution in [3.63, 3.8) is 0 Å². The van der Waals surface area contributed by atoms with Gasteiger partial charge in [-0.1, -0.05) is 38.7 Å². The standard InChI is InChI=1S/C12H20O2/c1-2-3-4-5-8-11(13)10-7-6-9-12(10)14/h7,11,13H,2-6,8-9H2,1H3. The Labute approximate surface area is 86.0 Å². The van der Waals surface area contributed by atoms with E-state index < -0.39 is 6.10 Å². The molecule has 0 saturated heterocycles. The third-order valence-corrected chi connectivity index (χ3v) is 2.75. The molecule has 0 radical (unpaired) electrons. The van der Waals surface area contributed by atoms with Crippen molar-refractivity contribution in [2.45, 2.75) is 58.0 Å². The van der Waals surface area contributed by atoms with Crippen LogP contribution in [0, 0.1) is 0 Å². The first-order valence-electron chi connectivity index (χ1n) is 5.67. The maximum absolute atomic E-state index is 11.3. The summed E-state index contributed by atoms with van der Waals surface area (Å²) in [6, 6.07) is 0. The summed E-state index contributed by atoms with van der Waals surface area (Å²) in [4.78, 5) is 11.3. The number of unbranched alkanes of at least 4 members (excludes halogenated alkanes) is 3. The Morgan fingerprint density at radius 3 is 2.79 bits per heavy atom. The number of aliphatic hydroxyl groups excluding tert-OH is 1. The predicted octanol–water partition coefficient (Wildman–Crippen LogP) is 2.61. The molecule has 2 nitrogen and oxygen atoms in total. The van der Waals surface area contributed by atoms with E-state index >= 15 is 0 Å². The molecule has 0 aromatic carbocycles. The minimum atomic E-state index is -0.498. The molecule has 0 aliphatic heterocycles. The smallest absolute Gasteiger partial charge is 0.161 e. The predicted molar refractivity (Wildman–Crippen MR) is 57.1 cm³/mol. The van der Waals surface area contributed by atoms with Gasteiger partial charge in [0.25, 0.3) is 0 Å².